The molecule has 3 rings (SSSR count). The summed E-state index contributed by atoms with van der Waals surface area (Å²) in [5.74, 6) is -0.389. The van der Waals surface area contributed by atoms with Crippen molar-refractivity contribution in [2.45, 2.75) is 19.4 Å². The summed E-state index contributed by atoms with van der Waals surface area (Å²) in [5.41, 5.74) is 2.56. The molecule has 1 aliphatic rings. The van der Waals surface area contributed by atoms with Crippen molar-refractivity contribution in [3.63, 3.8) is 0 Å². The zero-order valence-electron chi connectivity index (χ0n) is 11.8. The Labute approximate surface area is 123 Å². The predicted molar refractivity (Wildman–Crippen MR) is 81.1 cm³/mol. The van der Waals surface area contributed by atoms with Crippen molar-refractivity contribution in [1.82, 2.24) is 0 Å². The lowest BCUT2D eigenvalue weighted by atomic mass is 10.1. The van der Waals surface area contributed by atoms with Gasteiger partial charge in [0, 0.05) is 17.8 Å². The van der Waals surface area contributed by atoms with Gasteiger partial charge in [0.05, 0.1) is 12.1 Å². The van der Waals surface area contributed by atoms with E-state index >= 15 is 0 Å². The van der Waals surface area contributed by atoms with Crippen LogP contribution in [0.2, 0.25) is 0 Å². The minimum atomic E-state index is -0.180. The number of nitrogens with zero attached hydrogens (tertiary/aromatic N) is 1. The Bertz CT molecular complexity index is 696. The van der Waals surface area contributed by atoms with Gasteiger partial charge < -0.3 is 15.1 Å². The normalized spacial score (nSPS) is 16.8. The van der Waals surface area contributed by atoms with Gasteiger partial charge in [0.15, 0.2) is 5.78 Å². The second-order valence-corrected chi connectivity index (χ2v) is 5.43. The Morgan fingerprint density at radius 3 is 2.76 bits per heavy atom. The molecule has 2 aromatic rings. The third-order valence-corrected chi connectivity index (χ3v) is 3.94. The lowest BCUT2D eigenvalue weighted by Crippen LogP contribution is -2.34. The monoisotopic (exact) mass is 283 g/mol. The molecule has 0 saturated heterocycles. The molecule has 2 aromatic carbocycles. The number of phenols is 2. The van der Waals surface area contributed by atoms with Crippen LogP contribution in [0.1, 0.15) is 22.8 Å². The summed E-state index contributed by atoms with van der Waals surface area (Å²) < 4.78 is 0. The van der Waals surface area contributed by atoms with E-state index in [0.29, 0.717) is 0 Å². The van der Waals surface area contributed by atoms with Crippen molar-refractivity contribution in [2.75, 3.05) is 11.4 Å². The van der Waals surface area contributed by atoms with Crippen LogP contribution in [0.4, 0.5) is 5.69 Å². The van der Waals surface area contributed by atoms with Crippen molar-refractivity contribution >= 4 is 11.5 Å². The van der Waals surface area contributed by atoms with E-state index in [1.54, 1.807) is 0 Å². The highest BCUT2D eigenvalue weighted by Gasteiger charge is 2.27. The molecular weight excluding hydrogens is 266 g/mol. The minimum Gasteiger partial charge on any atom is -0.508 e. The molecule has 1 unspecified atom stereocenters. The Balaban J connectivity index is 1.85. The van der Waals surface area contributed by atoms with E-state index in [2.05, 4.69) is 17.9 Å². The summed E-state index contributed by atoms with van der Waals surface area (Å²) in [4.78, 5) is 14.5. The largest absolute Gasteiger partial charge is 0.508 e. The fraction of sp³-hybridized carbons (Fsp3) is 0.235. The standard InChI is InChI=1S/C17H17NO3/c1-11-8-12-4-2-3-5-15(12)18(11)10-17(21)14-7-6-13(19)9-16(14)20/h2-7,9,11,19-20H,8,10H2,1H3. The van der Waals surface area contributed by atoms with E-state index in [-0.39, 0.29) is 35.4 Å². The summed E-state index contributed by atoms with van der Waals surface area (Å²) in [6, 6.07) is 12.4. The Kier molecular flexibility index (Phi) is 3.29. The molecule has 21 heavy (non-hydrogen) atoms. The molecular formula is C17H17NO3. The van der Waals surface area contributed by atoms with Crippen LogP contribution in [-0.4, -0.2) is 28.6 Å². The highest BCUT2D eigenvalue weighted by molar-refractivity contribution is 6.02. The van der Waals surface area contributed by atoms with E-state index in [1.807, 2.05) is 18.2 Å². The summed E-state index contributed by atoms with van der Waals surface area (Å²) in [5, 5.41) is 19.1. The summed E-state index contributed by atoms with van der Waals surface area (Å²) in [7, 11) is 0. The molecule has 1 aliphatic heterocycles. The molecule has 1 atom stereocenters. The number of carbonyl (C=O) groups excluding carboxylic acids is 1. The van der Waals surface area contributed by atoms with E-state index in [0.717, 1.165) is 12.1 Å². The van der Waals surface area contributed by atoms with E-state index in [4.69, 9.17) is 0 Å². The zero-order chi connectivity index (χ0) is 15.0. The lowest BCUT2D eigenvalue weighted by molar-refractivity contribution is 0.0995. The number of ketones is 1. The first-order valence-electron chi connectivity index (χ1n) is 6.96. The van der Waals surface area contributed by atoms with Gasteiger partial charge in [-0.15, -0.1) is 0 Å². The Morgan fingerprint density at radius 2 is 2.00 bits per heavy atom. The number of aromatic hydroxyl groups is 2. The molecule has 0 saturated carbocycles. The van der Waals surface area contributed by atoms with Gasteiger partial charge in [-0.1, -0.05) is 18.2 Å². The predicted octanol–water partition coefficient (Wildman–Crippen LogP) is 2.73. The van der Waals surface area contributed by atoms with Gasteiger partial charge in [0.1, 0.15) is 11.5 Å². The second kappa shape index (κ2) is 5.13. The zero-order valence-corrected chi connectivity index (χ0v) is 11.8. The number of para-hydroxylation sites is 1. The SMILES string of the molecule is CC1Cc2ccccc2N1CC(=O)c1ccc(O)cc1O. The van der Waals surface area contributed by atoms with Gasteiger partial charge in [-0.3, -0.25) is 4.79 Å². The molecule has 4 heteroatoms. The summed E-state index contributed by atoms with van der Waals surface area (Å²) in [6.45, 7) is 2.31. The highest BCUT2D eigenvalue weighted by Crippen LogP contribution is 2.32. The molecule has 1 heterocycles. The maximum Gasteiger partial charge on any atom is 0.185 e. The Morgan fingerprint density at radius 1 is 1.24 bits per heavy atom. The fourth-order valence-electron chi connectivity index (χ4n) is 2.87. The van der Waals surface area contributed by atoms with Gasteiger partial charge in [0.2, 0.25) is 0 Å². The topological polar surface area (TPSA) is 60.8 Å². The van der Waals surface area contributed by atoms with Gasteiger partial charge in [-0.25, -0.2) is 0 Å². The maximum atomic E-state index is 12.4. The van der Waals surface area contributed by atoms with E-state index < -0.39 is 0 Å². The summed E-state index contributed by atoms with van der Waals surface area (Å²) >= 11 is 0. The number of carbonyl (C=O) groups is 1. The van der Waals surface area contributed by atoms with Gasteiger partial charge >= 0.3 is 0 Å². The molecule has 0 aliphatic carbocycles. The van der Waals surface area contributed by atoms with Crippen molar-refractivity contribution in [3.8, 4) is 11.5 Å². The maximum absolute atomic E-state index is 12.4. The average Bonchev–Trinajstić information content (AvgIpc) is 2.75. The van der Waals surface area contributed by atoms with Crippen molar-refractivity contribution in [2.24, 2.45) is 0 Å². The van der Waals surface area contributed by atoms with Crippen molar-refractivity contribution in [3.05, 3.63) is 53.6 Å². The number of fused-ring (bicyclic) bond motifs is 1. The van der Waals surface area contributed by atoms with Gasteiger partial charge in [0.25, 0.3) is 0 Å². The van der Waals surface area contributed by atoms with Gasteiger partial charge in [-0.2, -0.15) is 0 Å². The molecule has 2 N–H and O–H groups in total. The van der Waals surface area contributed by atoms with Crippen molar-refractivity contribution < 1.29 is 15.0 Å². The van der Waals surface area contributed by atoms with Crippen molar-refractivity contribution in [1.29, 1.82) is 0 Å². The molecule has 108 valence electrons. The molecule has 4 nitrogen and oxygen atoms in total. The van der Waals surface area contributed by atoms with Crippen LogP contribution >= 0.6 is 0 Å². The van der Waals surface area contributed by atoms with E-state index in [1.165, 1.54) is 23.8 Å². The number of anilines is 1. The van der Waals surface area contributed by atoms with E-state index in [9.17, 15) is 15.0 Å². The first-order valence-corrected chi connectivity index (χ1v) is 6.96. The highest BCUT2D eigenvalue weighted by atomic mass is 16.3. The van der Waals surface area contributed by atoms with Crippen LogP contribution in [0.5, 0.6) is 11.5 Å². The van der Waals surface area contributed by atoms with Crippen LogP contribution in [-0.2, 0) is 6.42 Å². The molecule has 0 spiro atoms. The number of hydrogen-bond donors (Lipinski definition) is 2. The molecule has 0 fully saturated rings. The molecule has 0 aromatic heterocycles. The van der Waals surface area contributed by atoms with Crippen LogP contribution in [0.15, 0.2) is 42.5 Å². The smallest absolute Gasteiger partial charge is 0.185 e. The number of rotatable bonds is 3. The average molecular weight is 283 g/mol. The van der Waals surface area contributed by atoms with Crippen LogP contribution in [0.25, 0.3) is 0 Å². The van der Waals surface area contributed by atoms with Gasteiger partial charge in [-0.05, 0) is 37.1 Å². The third-order valence-electron chi connectivity index (χ3n) is 3.94. The first-order chi connectivity index (χ1) is 10.1. The number of hydrogen-bond acceptors (Lipinski definition) is 4. The summed E-state index contributed by atoms with van der Waals surface area (Å²) in [6.07, 6.45) is 0.922. The molecule has 0 amide bonds. The molecule has 0 bridgehead atoms. The van der Waals surface area contributed by atoms with Crippen LogP contribution in [0, 0.1) is 0 Å². The minimum absolute atomic E-state index is 0.0519. The first kappa shape index (κ1) is 13.5. The number of Topliss-reactive ketones (excluding diaryl/α,β-unsaturated/α-hetero) is 1. The second-order valence-electron chi connectivity index (χ2n) is 5.43. The quantitative estimate of drug-likeness (QED) is 0.850. The molecule has 0 radical (unpaired) electrons. The van der Waals surface area contributed by atoms with Crippen LogP contribution in [0.3, 0.4) is 0 Å². The fourth-order valence-corrected chi connectivity index (χ4v) is 2.87. The Hall–Kier alpha value is -2.49. The number of phenolic OH excluding ortho intramolecular Hbond substituents is 2. The van der Waals surface area contributed by atoms with Crippen LogP contribution < -0.4 is 4.90 Å². The lowest BCUT2D eigenvalue weighted by Gasteiger charge is -2.24. The third kappa shape index (κ3) is 2.44. The number of benzene rings is 2.